The first-order valence-corrected chi connectivity index (χ1v) is 7.08. The summed E-state index contributed by atoms with van der Waals surface area (Å²) in [5.41, 5.74) is -1.43. The number of carboxylic acids is 1. The highest BCUT2D eigenvalue weighted by molar-refractivity contribution is 5.77. The van der Waals surface area contributed by atoms with Crippen LogP contribution in [0, 0.1) is 11.8 Å². The zero-order valence-electron chi connectivity index (χ0n) is 10.5. The Bertz CT molecular complexity index is 271. The van der Waals surface area contributed by atoms with Crippen molar-refractivity contribution < 1.29 is 15.0 Å². The number of rotatable bonds is 3. The lowest BCUT2D eigenvalue weighted by Gasteiger charge is -2.39. The van der Waals surface area contributed by atoms with Crippen LogP contribution in [0.1, 0.15) is 64.2 Å². The predicted molar refractivity (Wildman–Crippen MR) is 65.7 cm³/mol. The standard InChI is InChI=1S/C14H24O3/c15-13(16)14(17)9-5-4-8-12(14)10-11-6-2-1-3-7-11/h11-12,17H,1-10H2,(H,15,16). The first-order chi connectivity index (χ1) is 8.13. The summed E-state index contributed by atoms with van der Waals surface area (Å²) < 4.78 is 0. The van der Waals surface area contributed by atoms with Crippen LogP contribution in [-0.4, -0.2) is 21.8 Å². The molecule has 0 heterocycles. The minimum atomic E-state index is -1.43. The number of aliphatic carboxylic acids is 1. The first kappa shape index (κ1) is 12.9. The molecular weight excluding hydrogens is 216 g/mol. The van der Waals surface area contributed by atoms with Gasteiger partial charge in [0.25, 0.3) is 0 Å². The Morgan fingerprint density at radius 3 is 2.35 bits per heavy atom. The number of hydrogen-bond acceptors (Lipinski definition) is 2. The third kappa shape index (κ3) is 2.82. The average molecular weight is 240 g/mol. The summed E-state index contributed by atoms with van der Waals surface area (Å²) >= 11 is 0. The second-order valence-electron chi connectivity index (χ2n) is 5.91. The quantitative estimate of drug-likeness (QED) is 0.797. The Morgan fingerprint density at radius 1 is 1.06 bits per heavy atom. The van der Waals surface area contributed by atoms with Crippen molar-refractivity contribution in [1.82, 2.24) is 0 Å². The molecule has 0 aromatic carbocycles. The molecule has 3 heteroatoms. The third-order valence-electron chi connectivity index (χ3n) is 4.75. The zero-order valence-corrected chi connectivity index (χ0v) is 10.5. The van der Waals surface area contributed by atoms with Crippen molar-refractivity contribution in [1.29, 1.82) is 0 Å². The van der Waals surface area contributed by atoms with Gasteiger partial charge in [0.05, 0.1) is 0 Å². The lowest BCUT2D eigenvalue weighted by molar-refractivity contribution is -0.170. The van der Waals surface area contributed by atoms with E-state index >= 15 is 0 Å². The molecule has 0 radical (unpaired) electrons. The summed E-state index contributed by atoms with van der Waals surface area (Å²) in [6.07, 6.45) is 10.5. The summed E-state index contributed by atoms with van der Waals surface area (Å²) in [5.74, 6) is -0.368. The minimum absolute atomic E-state index is 0.0168. The second kappa shape index (κ2) is 5.38. The van der Waals surface area contributed by atoms with Gasteiger partial charge in [-0.25, -0.2) is 4.79 Å². The van der Waals surface area contributed by atoms with Gasteiger partial charge < -0.3 is 10.2 Å². The predicted octanol–water partition coefficient (Wildman–Crippen LogP) is 2.96. The summed E-state index contributed by atoms with van der Waals surface area (Å²) in [6.45, 7) is 0. The van der Waals surface area contributed by atoms with Crippen LogP contribution in [0.2, 0.25) is 0 Å². The summed E-state index contributed by atoms with van der Waals surface area (Å²) in [7, 11) is 0. The van der Waals surface area contributed by atoms with Crippen LogP contribution in [0.15, 0.2) is 0 Å². The molecule has 2 unspecified atom stereocenters. The molecular formula is C14H24O3. The Morgan fingerprint density at radius 2 is 1.71 bits per heavy atom. The van der Waals surface area contributed by atoms with E-state index < -0.39 is 11.6 Å². The zero-order chi connectivity index (χ0) is 12.3. The summed E-state index contributed by atoms with van der Waals surface area (Å²) in [6, 6.07) is 0. The van der Waals surface area contributed by atoms with Crippen molar-refractivity contribution in [2.75, 3.05) is 0 Å². The van der Waals surface area contributed by atoms with Crippen molar-refractivity contribution >= 4 is 5.97 Å². The van der Waals surface area contributed by atoms with Crippen LogP contribution in [-0.2, 0) is 4.79 Å². The van der Waals surface area contributed by atoms with Crippen LogP contribution in [0.5, 0.6) is 0 Å². The Kier molecular flexibility index (Phi) is 4.08. The number of carboxylic acid groups (broad SMARTS) is 1. The van der Waals surface area contributed by atoms with Crippen molar-refractivity contribution in [3.63, 3.8) is 0 Å². The van der Waals surface area contributed by atoms with Gasteiger partial charge in [-0.3, -0.25) is 0 Å². The molecule has 0 bridgehead atoms. The van der Waals surface area contributed by atoms with Gasteiger partial charge in [0.2, 0.25) is 0 Å². The summed E-state index contributed by atoms with van der Waals surface area (Å²) in [4.78, 5) is 11.3. The van der Waals surface area contributed by atoms with Crippen molar-refractivity contribution in [3.05, 3.63) is 0 Å². The molecule has 0 spiro atoms. The molecule has 2 aliphatic rings. The SMILES string of the molecule is O=C(O)C1(O)CCCCC1CC1CCCCC1. The van der Waals surface area contributed by atoms with Gasteiger partial charge in [-0.05, 0) is 37.5 Å². The van der Waals surface area contributed by atoms with E-state index in [-0.39, 0.29) is 5.92 Å². The molecule has 0 amide bonds. The molecule has 2 saturated carbocycles. The van der Waals surface area contributed by atoms with Crippen LogP contribution in [0.4, 0.5) is 0 Å². The van der Waals surface area contributed by atoms with Crippen LogP contribution in [0.3, 0.4) is 0 Å². The van der Waals surface area contributed by atoms with Gasteiger partial charge in [-0.1, -0.05) is 38.5 Å². The summed E-state index contributed by atoms with van der Waals surface area (Å²) in [5, 5.41) is 19.6. The van der Waals surface area contributed by atoms with Gasteiger partial charge in [0.1, 0.15) is 0 Å². The normalized spacial score (nSPS) is 35.7. The van der Waals surface area contributed by atoms with Gasteiger partial charge in [-0.15, -0.1) is 0 Å². The fourth-order valence-corrected chi connectivity index (χ4v) is 3.65. The smallest absolute Gasteiger partial charge is 0.335 e. The number of aliphatic hydroxyl groups is 1. The highest BCUT2D eigenvalue weighted by atomic mass is 16.4. The van der Waals surface area contributed by atoms with Gasteiger partial charge >= 0.3 is 5.97 Å². The van der Waals surface area contributed by atoms with Crippen molar-refractivity contribution in [3.8, 4) is 0 Å². The van der Waals surface area contributed by atoms with E-state index in [4.69, 9.17) is 0 Å². The van der Waals surface area contributed by atoms with E-state index in [0.29, 0.717) is 12.3 Å². The molecule has 98 valence electrons. The fraction of sp³-hybridized carbons (Fsp3) is 0.929. The molecule has 17 heavy (non-hydrogen) atoms. The molecule has 2 aliphatic carbocycles. The highest BCUT2D eigenvalue weighted by Gasteiger charge is 2.46. The lowest BCUT2D eigenvalue weighted by Crippen LogP contribution is -2.48. The molecule has 3 nitrogen and oxygen atoms in total. The second-order valence-corrected chi connectivity index (χ2v) is 5.91. The van der Waals surface area contributed by atoms with E-state index in [9.17, 15) is 15.0 Å². The van der Waals surface area contributed by atoms with Crippen LogP contribution < -0.4 is 0 Å². The molecule has 0 aliphatic heterocycles. The average Bonchev–Trinajstić information content (AvgIpc) is 2.33. The van der Waals surface area contributed by atoms with Crippen molar-refractivity contribution in [2.45, 2.75) is 69.8 Å². The van der Waals surface area contributed by atoms with E-state index in [1.54, 1.807) is 0 Å². The topological polar surface area (TPSA) is 57.5 Å². The molecule has 0 saturated heterocycles. The Balaban J connectivity index is 1.98. The molecule has 0 aromatic rings. The maximum Gasteiger partial charge on any atom is 0.335 e. The fourth-order valence-electron chi connectivity index (χ4n) is 3.65. The number of carbonyl (C=O) groups is 1. The van der Waals surface area contributed by atoms with Crippen LogP contribution >= 0.6 is 0 Å². The molecule has 2 rings (SSSR count). The molecule has 2 N–H and O–H groups in total. The molecule has 0 aromatic heterocycles. The highest BCUT2D eigenvalue weighted by Crippen LogP contribution is 2.40. The van der Waals surface area contributed by atoms with Crippen LogP contribution in [0.25, 0.3) is 0 Å². The van der Waals surface area contributed by atoms with E-state index in [1.165, 1.54) is 32.1 Å². The van der Waals surface area contributed by atoms with Gasteiger partial charge in [0, 0.05) is 0 Å². The minimum Gasteiger partial charge on any atom is -0.479 e. The monoisotopic (exact) mass is 240 g/mol. The molecule has 2 atom stereocenters. The van der Waals surface area contributed by atoms with Gasteiger partial charge in [0.15, 0.2) is 5.60 Å². The van der Waals surface area contributed by atoms with E-state index in [0.717, 1.165) is 25.7 Å². The van der Waals surface area contributed by atoms with Crippen molar-refractivity contribution in [2.24, 2.45) is 11.8 Å². The molecule has 2 fully saturated rings. The number of hydrogen-bond donors (Lipinski definition) is 2. The van der Waals surface area contributed by atoms with E-state index in [2.05, 4.69) is 0 Å². The lowest BCUT2D eigenvalue weighted by atomic mass is 9.69. The maximum absolute atomic E-state index is 11.3. The maximum atomic E-state index is 11.3. The Hall–Kier alpha value is -0.570. The van der Waals surface area contributed by atoms with E-state index in [1.807, 2.05) is 0 Å². The Labute approximate surface area is 103 Å². The first-order valence-electron chi connectivity index (χ1n) is 7.08. The van der Waals surface area contributed by atoms with Gasteiger partial charge in [-0.2, -0.15) is 0 Å². The largest absolute Gasteiger partial charge is 0.479 e. The third-order valence-corrected chi connectivity index (χ3v) is 4.75.